The van der Waals surface area contributed by atoms with Crippen LogP contribution in [0.3, 0.4) is 0 Å². The highest BCUT2D eigenvalue weighted by Crippen LogP contribution is 2.13. The van der Waals surface area contributed by atoms with Crippen LogP contribution >= 0.6 is 0 Å². The SMILES string of the molecule is CCc1nccn1CCN1CCc2nc(N(C)C)[nH]c(=O)c2CC1. The summed E-state index contributed by atoms with van der Waals surface area (Å²) < 4.78 is 2.22. The number of aryl methyl sites for hydroxylation is 1. The highest BCUT2D eigenvalue weighted by atomic mass is 16.1. The zero-order valence-electron chi connectivity index (χ0n) is 14.7. The largest absolute Gasteiger partial charge is 0.348 e. The number of hydrogen-bond donors (Lipinski definition) is 1. The summed E-state index contributed by atoms with van der Waals surface area (Å²) in [5.41, 5.74) is 1.80. The third-order valence-electron chi connectivity index (χ3n) is 4.63. The average Bonchev–Trinajstić information content (AvgIpc) is 2.92. The molecule has 7 nitrogen and oxygen atoms in total. The number of fused-ring (bicyclic) bond motifs is 1. The predicted octanol–water partition coefficient (Wildman–Crippen LogP) is 0.696. The molecule has 0 bridgehead atoms. The molecule has 1 aliphatic heterocycles. The third kappa shape index (κ3) is 3.51. The Hall–Kier alpha value is -2.15. The molecule has 0 fully saturated rings. The van der Waals surface area contributed by atoms with Gasteiger partial charge in [-0.25, -0.2) is 9.97 Å². The lowest BCUT2D eigenvalue weighted by atomic mass is 10.1. The van der Waals surface area contributed by atoms with Crippen LogP contribution in [-0.2, 0) is 25.8 Å². The van der Waals surface area contributed by atoms with Crippen molar-refractivity contribution in [3.8, 4) is 0 Å². The van der Waals surface area contributed by atoms with Gasteiger partial charge in [0.15, 0.2) is 0 Å². The zero-order valence-corrected chi connectivity index (χ0v) is 14.7. The first-order chi connectivity index (χ1) is 11.6. The van der Waals surface area contributed by atoms with Gasteiger partial charge < -0.3 is 14.4 Å². The Morgan fingerprint density at radius 1 is 1.25 bits per heavy atom. The van der Waals surface area contributed by atoms with Crippen molar-refractivity contribution in [3.05, 3.63) is 39.8 Å². The minimum absolute atomic E-state index is 0.00780. The van der Waals surface area contributed by atoms with Gasteiger partial charge in [-0.1, -0.05) is 6.92 Å². The summed E-state index contributed by atoms with van der Waals surface area (Å²) in [6.07, 6.45) is 6.44. The van der Waals surface area contributed by atoms with Crippen molar-refractivity contribution >= 4 is 5.95 Å². The van der Waals surface area contributed by atoms with E-state index in [-0.39, 0.29) is 5.56 Å². The quantitative estimate of drug-likeness (QED) is 0.874. The number of nitrogens with zero attached hydrogens (tertiary/aromatic N) is 5. The fourth-order valence-electron chi connectivity index (χ4n) is 3.18. The molecule has 0 aromatic carbocycles. The highest BCUT2D eigenvalue weighted by Gasteiger charge is 2.19. The van der Waals surface area contributed by atoms with Crippen LogP contribution in [0.5, 0.6) is 0 Å². The van der Waals surface area contributed by atoms with Crippen molar-refractivity contribution in [2.45, 2.75) is 32.7 Å². The Morgan fingerprint density at radius 3 is 2.79 bits per heavy atom. The molecule has 3 heterocycles. The summed E-state index contributed by atoms with van der Waals surface area (Å²) in [6.45, 7) is 5.87. The van der Waals surface area contributed by atoms with Crippen molar-refractivity contribution in [2.24, 2.45) is 0 Å². The van der Waals surface area contributed by atoms with Crippen LogP contribution in [0.15, 0.2) is 17.2 Å². The van der Waals surface area contributed by atoms with Gasteiger partial charge in [-0.2, -0.15) is 0 Å². The number of rotatable bonds is 5. The summed E-state index contributed by atoms with van der Waals surface area (Å²) in [4.78, 5) is 28.5. The third-order valence-corrected chi connectivity index (χ3v) is 4.63. The number of imidazole rings is 1. The van der Waals surface area contributed by atoms with E-state index in [0.717, 1.165) is 62.5 Å². The summed E-state index contributed by atoms with van der Waals surface area (Å²) in [6, 6.07) is 0. The lowest BCUT2D eigenvalue weighted by Crippen LogP contribution is -2.30. The fraction of sp³-hybridized carbons (Fsp3) is 0.588. The smallest absolute Gasteiger partial charge is 0.255 e. The maximum Gasteiger partial charge on any atom is 0.255 e. The van der Waals surface area contributed by atoms with Crippen molar-refractivity contribution < 1.29 is 0 Å². The molecule has 0 unspecified atom stereocenters. The fourth-order valence-corrected chi connectivity index (χ4v) is 3.18. The van der Waals surface area contributed by atoms with Gasteiger partial charge >= 0.3 is 0 Å². The summed E-state index contributed by atoms with van der Waals surface area (Å²) >= 11 is 0. The van der Waals surface area contributed by atoms with Crippen LogP contribution in [-0.4, -0.2) is 58.1 Å². The van der Waals surface area contributed by atoms with E-state index in [9.17, 15) is 4.79 Å². The normalized spacial score (nSPS) is 15.1. The molecule has 0 radical (unpaired) electrons. The molecular weight excluding hydrogens is 304 g/mol. The summed E-state index contributed by atoms with van der Waals surface area (Å²) in [7, 11) is 3.79. The van der Waals surface area contributed by atoms with Crippen LogP contribution in [0.25, 0.3) is 0 Å². The van der Waals surface area contributed by atoms with Crippen molar-refractivity contribution in [1.29, 1.82) is 0 Å². The van der Waals surface area contributed by atoms with E-state index >= 15 is 0 Å². The van der Waals surface area contributed by atoms with Gasteiger partial charge in [0, 0.05) is 71.1 Å². The lowest BCUT2D eigenvalue weighted by molar-refractivity contribution is 0.274. The van der Waals surface area contributed by atoms with E-state index < -0.39 is 0 Å². The second-order valence-corrected chi connectivity index (χ2v) is 6.44. The standard InChI is InChI=1S/C17H26N6O/c1-4-15-18-7-10-23(15)12-11-22-8-5-13-14(6-9-22)19-17(21(2)3)20-16(13)24/h7,10H,4-6,8-9,11-12H2,1-3H3,(H,19,20,24). The Labute approximate surface area is 142 Å². The molecule has 2 aromatic rings. The molecule has 1 N–H and O–H groups in total. The van der Waals surface area contributed by atoms with Gasteiger partial charge in [0.05, 0.1) is 5.69 Å². The molecule has 0 atom stereocenters. The number of anilines is 1. The molecule has 7 heteroatoms. The van der Waals surface area contributed by atoms with Gasteiger partial charge in [-0.05, 0) is 6.42 Å². The van der Waals surface area contributed by atoms with Crippen LogP contribution < -0.4 is 10.5 Å². The molecule has 3 rings (SSSR count). The maximum atomic E-state index is 12.3. The van der Waals surface area contributed by atoms with E-state index in [1.807, 2.05) is 31.4 Å². The molecule has 0 aliphatic carbocycles. The Bertz CT molecular complexity index is 748. The average molecular weight is 330 g/mol. The molecule has 130 valence electrons. The van der Waals surface area contributed by atoms with Gasteiger partial charge in [0.2, 0.25) is 5.95 Å². The predicted molar refractivity (Wildman–Crippen MR) is 94.6 cm³/mol. The van der Waals surface area contributed by atoms with Crippen LogP contribution in [0.1, 0.15) is 24.0 Å². The van der Waals surface area contributed by atoms with E-state index in [2.05, 4.69) is 31.3 Å². The number of hydrogen-bond acceptors (Lipinski definition) is 5. The monoisotopic (exact) mass is 330 g/mol. The Kier molecular flexibility index (Phi) is 4.99. The summed E-state index contributed by atoms with van der Waals surface area (Å²) in [5.74, 6) is 1.76. The van der Waals surface area contributed by atoms with E-state index in [0.29, 0.717) is 5.95 Å². The van der Waals surface area contributed by atoms with E-state index in [1.165, 1.54) is 0 Å². The molecule has 2 aromatic heterocycles. The first kappa shape index (κ1) is 16.7. The summed E-state index contributed by atoms with van der Waals surface area (Å²) in [5, 5.41) is 0. The Balaban J connectivity index is 1.67. The highest BCUT2D eigenvalue weighted by molar-refractivity contribution is 5.32. The molecule has 0 saturated carbocycles. The van der Waals surface area contributed by atoms with Crippen molar-refractivity contribution in [2.75, 3.05) is 38.6 Å². The van der Waals surface area contributed by atoms with Crippen LogP contribution in [0.4, 0.5) is 5.95 Å². The van der Waals surface area contributed by atoms with Gasteiger partial charge in [-0.15, -0.1) is 0 Å². The van der Waals surface area contributed by atoms with Gasteiger partial charge in [0.25, 0.3) is 5.56 Å². The first-order valence-corrected chi connectivity index (χ1v) is 8.60. The molecule has 0 amide bonds. The first-order valence-electron chi connectivity index (χ1n) is 8.60. The van der Waals surface area contributed by atoms with Gasteiger partial charge in [0.1, 0.15) is 5.82 Å². The maximum absolute atomic E-state index is 12.3. The second kappa shape index (κ2) is 7.17. The molecule has 24 heavy (non-hydrogen) atoms. The number of aromatic nitrogens is 4. The van der Waals surface area contributed by atoms with Crippen LogP contribution in [0, 0.1) is 0 Å². The number of H-pyrrole nitrogens is 1. The van der Waals surface area contributed by atoms with Crippen LogP contribution in [0.2, 0.25) is 0 Å². The van der Waals surface area contributed by atoms with Crippen molar-refractivity contribution in [3.63, 3.8) is 0 Å². The topological polar surface area (TPSA) is 70.1 Å². The number of nitrogens with one attached hydrogen (secondary N) is 1. The molecule has 1 aliphatic rings. The zero-order chi connectivity index (χ0) is 17.1. The molecular formula is C17H26N6O. The second-order valence-electron chi connectivity index (χ2n) is 6.44. The number of aromatic amines is 1. The van der Waals surface area contributed by atoms with E-state index in [1.54, 1.807) is 0 Å². The van der Waals surface area contributed by atoms with E-state index in [4.69, 9.17) is 0 Å². The van der Waals surface area contributed by atoms with Gasteiger partial charge in [-0.3, -0.25) is 9.78 Å². The van der Waals surface area contributed by atoms with Crippen molar-refractivity contribution in [1.82, 2.24) is 24.4 Å². The minimum atomic E-state index is 0.00780. The molecule has 0 spiro atoms. The minimum Gasteiger partial charge on any atom is -0.348 e. The molecule has 0 saturated heterocycles. The Morgan fingerprint density at radius 2 is 2.04 bits per heavy atom. The lowest BCUT2D eigenvalue weighted by Gasteiger charge is -2.20.